The monoisotopic (exact) mass is 463 g/mol. The van der Waals surface area contributed by atoms with E-state index in [9.17, 15) is 9.18 Å². The van der Waals surface area contributed by atoms with Crippen molar-refractivity contribution in [3.63, 3.8) is 0 Å². The first-order chi connectivity index (χ1) is 16.3. The molecule has 176 valence electrons. The van der Waals surface area contributed by atoms with Gasteiger partial charge in [-0.25, -0.2) is 23.8 Å². The number of hydrogen-bond acceptors (Lipinski definition) is 7. The quantitative estimate of drug-likeness (QED) is 0.408. The Morgan fingerprint density at radius 1 is 1.12 bits per heavy atom. The number of hydrogen-bond donors (Lipinski definition) is 1. The van der Waals surface area contributed by atoms with Crippen LogP contribution in [0.1, 0.15) is 41.2 Å². The molecule has 4 rings (SSSR count). The maximum Gasteiger partial charge on any atom is 0.341 e. The highest BCUT2D eigenvalue weighted by Crippen LogP contribution is 2.31. The third kappa shape index (κ3) is 4.26. The number of ether oxygens (including phenoxy) is 1. The summed E-state index contributed by atoms with van der Waals surface area (Å²) in [7, 11) is 1.84. The van der Waals surface area contributed by atoms with E-state index in [-0.39, 0.29) is 12.4 Å². The second-order valence-corrected chi connectivity index (χ2v) is 7.72. The highest BCUT2D eigenvalue weighted by Gasteiger charge is 2.22. The van der Waals surface area contributed by atoms with Crippen LogP contribution in [0.2, 0.25) is 0 Å². The molecule has 0 amide bonds. The van der Waals surface area contributed by atoms with Crippen molar-refractivity contribution in [1.82, 2.24) is 29.5 Å². The summed E-state index contributed by atoms with van der Waals surface area (Å²) in [6.07, 6.45) is 2.14. The Labute approximate surface area is 196 Å². The summed E-state index contributed by atoms with van der Waals surface area (Å²) < 4.78 is 21.9. The zero-order chi connectivity index (χ0) is 24.4. The predicted octanol–water partition coefficient (Wildman–Crippen LogP) is 4.30. The Balaban J connectivity index is 1.69. The van der Waals surface area contributed by atoms with E-state index in [0.29, 0.717) is 35.0 Å². The highest BCUT2D eigenvalue weighted by molar-refractivity contribution is 5.92. The Morgan fingerprint density at radius 2 is 1.85 bits per heavy atom. The predicted molar refractivity (Wildman–Crippen MR) is 126 cm³/mol. The summed E-state index contributed by atoms with van der Waals surface area (Å²) in [6.45, 7) is 7.64. The first-order valence-corrected chi connectivity index (χ1v) is 11.0. The number of aryl methyl sites for hydroxylation is 2. The van der Waals surface area contributed by atoms with E-state index in [1.807, 2.05) is 14.0 Å². The summed E-state index contributed by atoms with van der Waals surface area (Å²) in [5, 5.41) is 12.5. The van der Waals surface area contributed by atoms with Gasteiger partial charge in [-0.05, 0) is 51.5 Å². The van der Waals surface area contributed by atoms with Crippen LogP contribution in [-0.2, 0) is 18.2 Å². The number of rotatable bonds is 7. The standard InChI is InChI=1S/C24H26FN7O2/c1-6-18-22(16-8-10-17(25)11-9-16)30-31(5)23(18)28-19-12-20(27-13-26-19)32-15(4)21(14(3)29-32)24(33)34-7-2/h8-13H,6-7H2,1-5H3,(H,26,27,28). The normalized spacial score (nSPS) is 11.0. The summed E-state index contributed by atoms with van der Waals surface area (Å²) in [4.78, 5) is 21.0. The largest absolute Gasteiger partial charge is 0.462 e. The molecule has 0 spiro atoms. The molecule has 1 aromatic carbocycles. The van der Waals surface area contributed by atoms with E-state index in [1.54, 1.807) is 48.3 Å². The van der Waals surface area contributed by atoms with Gasteiger partial charge < -0.3 is 10.1 Å². The summed E-state index contributed by atoms with van der Waals surface area (Å²) in [6, 6.07) is 8.03. The van der Waals surface area contributed by atoms with Gasteiger partial charge in [-0.1, -0.05) is 6.92 Å². The molecule has 3 heterocycles. The molecule has 34 heavy (non-hydrogen) atoms. The van der Waals surface area contributed by atoms with Crippen molar-refractivity contribution >= 4 is 17.6 Å². The second kappa shape index (κ2) is 9.42. The van der Waals surface area contributed by atoms with E-state index in [1.165, 1.54) is 18.5 Å². The van der Waals surface area contributed by atoms with E-state index in [2.05, 4.69) is 25.5 Å². The lowest BCUT2D eigenvalue weighted by Gasteiger charge is -2.10. The van der Waals surface area contributed by atoms with Crippen LogP contribution >= 0.6 is 0 Å². The van der Waals surface area contributed by atoms with Crippen molar-refractivity contribution in [2.24, 2.45) is 7.05 Å². The SMILES string of the molecule is CCOC(=O)c1c(C)nn(-c2cc(Nc3c(CC)c(-c4ccc(F)cc4)nn3C)ncn2)c1C. The zero-order valence-corrected chi connectivity index (χ0v) is 19.8. The highest BCUT2D eigenvalue weighted by atomic mass is 19.1. The first kappa shape index (κ1) is 23.1. The van der Waals surface area contributed by atoms with Crippen LogP contribution in [0.5, 0.6) is 0 Å². The third-order valence-corrected chi connectivity index (χ3v) is 5.50. The van der Waals surface area contributed by atoms with Crippen molar-refractivity contribution in [1.29, 1.82) is 0 Å². The van der Waals surface area contributed by atoms with Crippen molar-refractivity contribution in [2.75, 3.05) is 11.9 Å². The summed E-state index contributed by atoms with van der Waals surface area (Å²) in [5.41, 5.74) is 4.21. The van der Waals surface area contributed by atoms with Gasteiger partial charge in [0, 0.05) is 24.2 Å². The number of nitrogens with one attached hydrogen (secondary N) is 1. The molecular weight excluding hydrogens is 437 g/mol. The molecule has 0 atom stereocenters. The molecule has 0 unspecified atom stereocenters. The third-order valence-electron chi connectivity index (χ3n) is 5.50. The lowest BCUT2D eigenvalue weighted by Crippen LogP contribution is -2.09. The number of nitrogens with zero attached hydrogens (tertiary/aromatic N) is 6. The minimum atomic E-state index is -0.410. The number of carbonyl (C=O) groups is 1. The molecule has 9 nitrogen and oxygen atoms in total. The van der Waals surface area contributed by atoms with Crippen LogP contribution in [0.15, 0.2) is 36.7 Å². The lowest BCUT2D eigenvalue weighted by molar-refractivity contribution is 0.0524. The minimum Gasteiger partial charge on any atom is -0.462 e. The average Bonchev–Trinajstić information content (AvgIpc) is 3.29. The van der Waals surface area contributed by atoms with E-state index < -0.39 is 5.97 Å². The molecule has 0 aliphatic carbocycles. The van der Waals surface area contributed by atoms with Gasteiger partial charge in [0.2, 0.25) is 0 Å². The molecule has 1 N–H and O–H groups in total. The molecule has 0 bridgehead atoms. The molecule has 0 radical (unpaired) electrons. The van der Waals surface area contributed by atoms with Crippen molar-refractivity contribution in [3.05, 3.63) is 65.0 Å². The van der Waals surface area contributed by atoms with Crippen molar-refractivity contribution in [3.8, 4) is 17.1 Å². The van der Waals surface area contributed by atoms with Crippen LogP contribution < -0.4 is 5.32 Å². The smallest absolute Gasteiger partial charge is 0.341 e. The molecule has 0 aliphatic rings. The number of halogens is 1. The molecule has 0 fully saturated rings. The number of aromatic nitrogens is 6. The molecule has 10 heteroatoms. The van der Waals surface area contributed by atoms with E-state index in [0.717, 1.165) is 22.6 Å². The van der Waals surface area contributed by atoms with Gasteiger partial charge in [-0.3, -0.25) is 4.68 Å². The van der Waals surface area contributed by atoms with Crippen LogP contribution in [0.25, 0.3) is 17.1 Å². The Kier molecular flexibility index (Phi) is 6.40. The van der Waals surface area contributed by atoms with Gasteiger partial charge in [0.05, 0.1) is 23.7 Å². The fourth-order valence-corrected chi connectivity index (χ4v) is 3.92. The van der Waals surface area contributed by atoms with Crippen molar-refractivity contribution in [2.45, 2.75) is 34.1 Å². The number of esters is 1. The molecule has 3 aromatic heterocycles. The van der Waals surface area contributed by atoms with Gasteiger partial charge in [-0.2, -0.15) is 10.2 Å². The Bertz CT molecular complexity index is 1340. The van der Waals surface area contributed by atoms with E-state index >= 15 is 0 Å². The van der Waals surface area contributed by atoms with Crippen LogP contribution in [0.3, 0.4) is 0 Å². The molecule has 4 aromatic rings. The molecule has 0 saturated carbocycles. The van der Waals surface area contributed by atoms with Crippen LogP contribution in [-0.4, -0.2) is 42.1 Å². The summed E-state index contributed by atoms with van der Waals surface area (Å²) in [5.74, 6) is 1.12. The van der Waals surface area contributed by atoms with Crippen LogP contribution in [0.4, 0.5) is 16.0 Å². The number of carbonyl (C=O) groups excluding carboxylic acids is 1. The molecule has 0 aliphatic heterocycles. The van der Waals surface area contributed by atoms with Gasteiger partial charge in [0.15, 0.2) is 5.82 Å². The average molecular weight is 464 g/mol. The van der Waals surface area contributed by atoms with Gasteiger partial charge in [0.1, 0.15) is 29.3 Å². The lowest BCUT2D eigenvalue weighted by atomic mass is 10.1. The van der Waals surface area contributed by atoms with Gasteiger partial charge in [0.25, 0.3) is 0 Å². The fourth-order valence-electron chi connectivity index (χ4n) is 3.92. The topological polar surface area (TPSA) is 99.8 Å². The Hall–Kier alpha value is -4.08. The van der Waals surface area contributed by atoms with Gasteiger partial charge in [-0.15, -0.1) is 0 Å². The van der Waals surface area contributed by atoms with Crippen LogP contribution in [0, 0.1) is 19.7 Å². The zero-order valence-electron chi connectivity index (χ0n) is 19.8. The number of benzene rings is 1. The minimum absolute atomic E-state index is 0.287. The second-order valence-electron chi connectivity index (χ2n) is 7.72. The molecular formula is C24H26FN7O2. The molecule has 0 saturated heterocycles. The first-order valence-electron chi connectivity index (χ1n) is 11.0. The van der Waals surface area contributed by atoms with E-state index in [4.69, 9.17) is 4.74 Å². The summed E-state index contributed by atoms with van der Waals surface area (Å²) >= 11 is 0. The number of anilines is 2. The fraction of sp³-hybridized carbons (Fsp3) is 0.292. The van der Waals surface area contributed by atoms with Crippen molar-refractivity contribution < 1.29 is 13.9 Å². The maximum atomic E-state index is 13.4. The Morgan fingerprint density at radius 3 is 2.53 bits per heavy atom. The van der Waals surface area contributed by atoms with Gasteiger partial charge >= 0.3 is 5.97 Å². The maximum absolute atomic E-state index is 13.4.